The molecule has 1 aromatic rings. The Morgan fingerprint density at radius 3 is 2.69 bits per heavy atom. The van der Waals surface area contributed by atoms with Gasteiger partial charge in [0.2, 0.25) is 0 Å². The van der Waals surface area contributed by atoms with E-state index in [0.29, 0.717) is 5.78 Å². The highest BCUT2D eigenvalue weighted by molar-refractivity contribution is 7.14. The molecule has 0 spiro atoms. The second-order valence-corrected chi connectivity index (χ2v) is 4.75. The molecule has 0 saturated carbocycles. The first kappa shape index (κ1) is 10.5. The average Bonchev–Trinajstić information content (AvgIpc) is 2.51. The van der Waals surface area contributed by atoms with Crippen molar-refractivity contribution in [1.29, 1.82) is 0 Å². The Bertz CT molecular complexity index is 288. The quantitative estimate of drug-likeness (QED) is 0.671. The molecule has 1 heterocycles. The van der Waals surface area contributed by atoms with E-state index in [1.807, 2.05) is 26.0 Å². The molecule has 0 aliphatic rings. The summed E-state index contributed by atoms with van der Waals surface area (Å²) in [5.74, 6) is 0.489. The minimum atomic E-state index is 0.183. The van der Waals surface area contributed by atoms with E-state index in [-0.39, 0.29) is 5.92 Å². The molecule has 1 unspecified atom stereocenters. The van der Waals surface area contributed by atoms with Gasteiger partial charge in [0.15, 0.2) is 5.78 Å². The van der Waals surface area contributed by atoms with E-state index in [1.165, 1.54) is 4.88 Å². The van der Waals surface area contributed by atoms with Crippen LogP contribution in [0, 0.1) is 12.8 Å². The maximum Gasteiger partial charge on any atom is 0.175 e. The Morgan fingerprint density at radius 1 is 1.54 bits per heavy atom. The van der Waals surface area contributed by atoms with E-state index in [9.17, 15) is 4.79 Å². The number of aryl methyl sites for hydroxylation is 1. The zero-order chi connectivity index (χ0) is 9.84. The van der Waals surface area contributed by atoms with Crippen molar-refractivity contribution >= 4 is 17.1 Å². The van der Waals surface area contributed by atoms with Gasteiger partial charge in [-0.15, -0.1) is 11.3 Å². The molecule has 0 fully saturated rings. The minimum absolute atomic E-state index is 0.183. The first-order valence-corrected chi connectivity index (χ1v) is 5.57. The van der Waals surface area contributed by atoms with Gasteiger partial charge in [-0.2, -0.15) is 0 Å². The van der Waals surface area contributed by atoms with Crippen molar-refractivity contribution in [3.63, 3.8) is 0 Å². The molecule has 1 aromatic heterocycles. The van der Waals surface area contributed by atoms with E-state index >= 15 is 0 Å². The van der Waals surface area contributed by atoms with Crippen LogP contribution in [0.3, 0.4) is 0 Å². The maximum absolute atomic E-state index is 11.8. The van der Waals surface area contributed by atoms with Crippen molar-refractivity contribution in [3.8, 4) is 0 Å². The molecule has 1 rings (SSSR count). The summed E-state index contributed by atoms with van der Waals surface area (Å²) in [4.78, 5) is 13.9. The van der Waals surface area contributed by atoms with Gasteiger partial charge in [0.05, 0.1) is 4.88 Å². The van der Waals surface area contributed by atoms with Crippen LogP contribution in [0.5, 0.6) is 0 Å². The van der Waals surface area contributed by atoms with Gasteiger partial charge < -0.3 is 0 Å². The van der Waals surface area contributed by atoms with E-state index in [1.54, 1.807) is 11.3 Å². The highest BCUT2D eigenvalue weighted by atomic mass is 32.1. The molecule has 72 valence electrons. The number of ketones is 1. The largest absolute Gasteiger partial charge is 0.293 e. The first-order valence-electron chi connectivity index (χ1n) is 4.75. The summed E-state index contributed by atoms with van der Waals surface area (Å²) < 4.78 is 0. The van der Waals surface area contributed by atoms with Gasteiger partial charge in [0.25, 0.3) is 0 Å². The van der Waals surface area contributed by atoms with Crippen molar-refractivity contribution < 1.29 is 4.79 Å². The maximum atomic E-state index is 11.8. The number of hydrogen-bond acceptors (Lipinski definition) is 2. The fourth-order valence-electron chi connectivity index (χ4n) is 1.37. The number of carbonyl (C=O) groups is 1. The monoisotopic (exact) mass is 196 g/mol. The molecule has 2 heteroatoms. The molecule has 0 radical (unpaired) electrons. The van der Waals surface area contributed by atoms with E-state index in [0.717, 1.165) is 17.7 Å². The van der Waals surface area contributed by atoms with Crippen molar-refractivity contribution in [3.05, 3.63) is 21.9 Å². The van der Waals surface area contributed by atoms with Crippen molar-refractivity contribution in [2.75, 3.05) is 0 Å². The van der Waals surface area contributed by atoms with Gasteiger partial charge in [-0.1, -0.05) is 20.3 Å². The number of thiophene rings is 1. The van der Waals surface area contributed by atoms with Gasteiger partial charge in [-0.05, 0) is 25.5 Å². The van der Waals surface area contributed by atoms with Crippen LogP contribution in [0.2, 0.25) is 0 Å². The minimum Gasteiger partial charge on any atom is -0.293 e. The third kappa shape index (κ3) is 2.66. The normalized spacial score (nSPS) is 12.8. The molecule has 0 N–H and O–H groups in total. The predicted octanol–water partition coefficient (Wildman–Crippen LogP) is 3.68. The summed E-state index contributed by atoms with van der Waals surface area (Å²) in [6, 6.07) is 3.95. The SMILES string of the molecule is CCCC(C)C(=O)c1ccc(C)s1. The third-order valence-corrected chi connectivity index (χ3v) is 3.17. The van der Waals surface area contributed by atoms with Gasteiger partial charge in [-0.25, -0.2) is 0 Å². The molecular weight excluding hydrogens is 180 g/mol. The van der Waals surface area contributed by atoms with Crippen LogP contribution >= 0.6 is 11.3 Å². The lowest BCUT2D eigenvalue weighted by Crippen LogP contribution is -2.08. The fourth-order valence-corrected chi connectivity index (χ4v) is 2.29. The standard InChI is InChI=1S/C11H16OS/c1-4-5-8(2)11(12)10-7-6-9(3)13-10/h6-8H,4-5H2,1-3H3. The van der Waals surface area contributed by atoms with Gasteiger partial charge >= 0.3 is 0 Å². The molecule has 0 aromatic carbocycles. The van der Waals surface area contributed by atoms with E-state index < -0.39 is 0 Å². The summed E-state index contributed by atoms with van der Waals surface area (Å²) in [5, 5.41) is 0. The molecule has 0 aliphatic carbocycles. The fraction of sp³-hybridized carbons (Fsp3) is 0.545. The number of carbonyl (C=O) groups excluding carboxylic acids is 1. The highest BCUT2D eigenvalue weighted by Gasteiger charge is 2.15. The van der Waals surface area contributed by atoms with E-state index in [2.05, 4.69) is 6.92 Å². The Labute approximate surface area is 83.8 Å². The lowest BCUT2D eigenvalue weighted by molar-refractivity contribution is 0.0928. The average molecular weight is 196 g/mol. The molecular formula is C11H16OS. The van der Waals surface area contributed by atoms with Gasteiger partial charge in [0.1, 0.15) is 0 Å². The smallest absolute Gasteiger partial charge is 0.175 e. The van der Waals surface area contributed by atoms with Crippen molar-refractivity contribution in [1.82, 2.24) is 0 Å². The molecule has 0 amide bonds. The molecule has 1 nitrogen and oxygen atoms in total. The van der Waals surface area contributed by atoms with Gasteiger partial charge in [0, 0.05) is 10.8 Å². The number of rotatable bonds is 4. The van der Waals surface area contributed by atoms with Gasteiger partial charge in [-0.3, -0.25) is 4.79 Å². The molecule has 13 heavy (non-hydrogen) atoms. The summed E-state index contributed by atoms with van der Waals surface area (Å²) in [6.07, 6.45) is 2.08. The van der Waals surface area contributed by atoms with Crippen LogP contribution < -0.4 is 0 Å². The molecule has 0 saturated heterocycles. The number of hydrogen-bond donors (Lipinski definition) is 0. The van der Waals surface area contributed by atoms with Crippen LogP contribution in [0.25, 0.3) is 0 Å². The molecule has 0 bridgehead atoms. The molecule has 0 aliphatic heterocycles. The van der Waals surface area contributed by atoms with Crippen molar-refractivity contribution in [2.24, 2.45) is 5.92 Å². The Balaban J connectivity index is 2.67. The first-order chi connectivity index (χ1) is 6.15. The van der Waals surface area contributed by atoms with Crippen LogP contribution in [0.15, 0.2) is 12.1 Å². The topological polar surface area (TPSA) is 17.1 Å². The highest BCUT2D eigenvalue weighted by Crippen LogP contribution is 2.20. The number of Topliss-reactive ketones (excluding diaryl/α,β-unsaturated/α-hetero) is 1. The van der Waals surface area contributed by atoms with Crippen molar-refractivity contribution in [2.45, 2.75) is 33.6 Å². The molecule has 1 atom stereocenters. The van der Waals surface area contributed by atoms with Crippen LogP contribution in [0.4, 0.5) is 0 Å². The zero-order valence-electron chi connectivity index (χ0n) is 8.46. The Hall–Kier alpha value is -0.630. The van der Waals surface area contributed by atoms with Crippen LogP contribution in [-0.4, -0.2) is 5.78 Å². The van der Waals surface area contributed by atoms with E-state index in [4.69, 9.17) is 0 Å². The predicted molar refractivity (Wildman–Crippen MR) is 57.5 cm³/mol. The second kappa shape index (κ2) is 4.56. The third-order valence-electron chi connectivity index (χ3n) is 2.15. The summed E-state index contributed by atoms with van der Waals surface area (Å²) in [5.41, 5.74) is 0. The Morgan fingerprint density at radius 2 is 2.23 bits per heavy atom. The lowest BCUT2D eigenvalue weighted by Gasteiger charge is -2.05. The van der Waals surface area contributed by atoms with Crippen LogP contribution in [-0.2, 0) is 0 Å². The van der Waals surface area contributed by atoms with Crippen LogP contribution in [0.1, 0.15) is 41.2 Å². The zero-order valence-corrected chi connectivity index (χ0v) is 9.28. The summed E-state index contributed by atoms with van der Waals surface area (Å²) in [7, 11) is 0. The Kier molecular flexibility index (Phi) is 3.67. The summed E-state index contributed by atoms with van der Waals surface area (Å²) in [6.45, 7) is 6.16. The second-order valence-electron chi connectivity index (χ2n) is 3.46. The lowest BCUT2D eigenvalue weighted by atomic mass is 10.0. The summed E-state index contributed by atoms with van der Waals surface area (Å²) >= 11 is 1.60.